The highest BCUT2D eigenvalue weighted by atomic mass is 32.1. The summed E-state index contributed by atoms with van der Waals surface area (Å²) in [5, 5.41) is 10.7. The molecule has 4 heteroatoms. The zero-order valence-corrected chi connectivity index (χ0v) is 12.0. The number of thiazole rings is 1. The summed E-state index contributed by atoms with van der Waals surface area (Å²) in [5.41, 5.74) is 1.21. The quantitative estimate of drug-likeness (QED) is 0.868. The molecule has 0 bridgehead atoms. The highest BCUT2D eigenvalue weighted by Crippen LogP contribution is 2.37. The maximum atomic E-state index is 4.74. The molecule has 0 radical (unpaired) electrons. The summed E-state index contributed by atoms with van der Waals surface area (Å²) in [6.07, 6.45) is 1.12. The Morgan fingerprint density at radius 1 is 1.59 bits per heavy atom. The lowest BCUT2D eigenvalue weighted by Crippen LogP contribution is -2.57. The lowest BCUT2D eigenvalue weighted by Gasteiger charge is -2.43. The van der Waals surface area contributed by atoms with E-state index in [0.29, 0.717) is 12.0 Å². The van der Waals surface area contributed by atoms with E-state index < -0.39 is 0 Å². The number of nitrogens with one attached hydrogen (secondary N) is 2. The summed E-state index contributed by atoms with van der Waals surface area (Å²) in [5.74, 6) is 0.573. The van der Waals surface area contributed by atoms with Crippen molar-refractivity contribution in [2.24, 2.45) is 5.92 Å². The molecule has 1 aromatic rings. The van der Waals surface area contributed by atoms with Crippen LogP contribution in [0.3, 0.4) is 0 Å². The van der Waals surface area contributed by atoms with Crippen LogP contribution in [-0.4, -0.2) is 24.1 Å². The fourth-order valence-electron chi connectivity index (χ4n) is 2.69. The third-order valence-electron chi connectivity index (χ3n) is 3.53. The van der Waals surface area contributed by atoms with Crippen LogP contribution in [0.5, 0.6) is 0 Å². The van der Waals surface area contributed by atoms with Crippen LogP contribution in [-0.2, 0) is 5.54 Å². The molecule has 1 aliphatic heterocycles. The second-order valence-electron chi connectivity index (χ2n) is 5.42. The molecule has 3 nitrogen and oxygen atoms in total. The van der Waals surface area contributed by atoms with Gasteiger partial charge in [-0.25, -0.2) is 4.98 Å². The predicted molar refractivity (Wildman–Crippen MR) is 73.5 cm³/mol. The van der Waals surface area contributed by atoms with Crippen LogP contribution in [0.1, 0.15) is 37.9 Å². The molecule has 0 saturated carbocycles. The van der Waals surface area contributed by atoms with Gasteiger partial charge in [0, 0.05) is 17.1 Å². The van der Waals surface area contributed by atoms with Crippen molar-refractivity contribution >= 4 is 11.3 Å². The molecule has 17 heavy (non-hydrogen) atoms. The zero-order chi connectivity index (χ0) is 12.5. The van der Waals surface area contributed by atoms with Gasteiger partial charge < -0.3 is 10.6 Å². The van der Waals surface area contributed by atoms with Gasteiger partial charge in [-0.1, -0.05) is 6.92 Å². The average molecular weight is 253 g/mol. The summed E-state index contributed by atoms with van der Waals surface area (Å²) < 4.78 is 0. The van der Waals surface area contributed by atoms with Gasteiger partial charge in [-0.2, -0.15) is 0 Å². The van der Waals surface area contributed by atoms with Crippen molar-refractivity contribution in [2.45, 2.75) is 45.7 Å². The van der Waals surface area contributed by atoms with E-state index in [1.165, 1.54) is 5.01 Å². The summed E-state index contributed by atoms with van der Waals surface area (Å²) in [7, 11) is 0. The molecule has 2 N–H and O–H groups in total. The third kappa shape index (κ3) is 2.54. The van der Waals surface area contributed by atoms with Crippen LogP contribution < -0.4 is 10.6 Å². The SMILES string of the molecule is Cc1csc(C2(NC(C)C)CCNCC2C)n1. The topological polar surface area (TPSA) is 37.0 Å². The van der Waals surface area contributed by atoms with Crippen molar-refractivity contribution < 1.29 is 0 Å². The summed E-state index contributed by atoms with van der Waals surface area (Å²) in [6, 6.07) is 0.486. The lowest BCUT2D eigenvalue weighted by atomic mass is 9.79. The number of aryl methyl sites for hydroxylation is 1. The maximum absolute atomic E-state index is 4.74. The van der Waals surface area contributed by atoms with Crippen molar-refractivity contribution in [2.75, 3.05) is 13.1 Å². The van der Waals surface area contributed by atoms with Crippen molar-refractivity contribution in [3.63, 3.8) is 0 Å². The molecule has 2 heterocycles. The highest BCUT2D eigenvalue weighted by Gasteiger charge is 2.42. The van der Waals surface area contributed by atoms with Gasteiger partial charge in [0.2, 0.25) is 0 Å². The average Bonchev–Trinajstić information content (AvgIpc) is 2.68. The fourth-order valence-corrected chi connectivity index (χ4v) is 3.80. The molecule has 2 atom stereocenters. The van der Waals surface area contributed by atoms with Crippen LogP contribution >= 0.6 is 11.3 Å². The Balaban J connectivity index is 2.34. The lowest BCUT2D eigenvalue weighted by molar-refractivity contribution is 0.154. The first kappa shape index (κ1) is 13.0. The third-order valence-corrected chi connectivity index (χ3v) is 4.67. The number of rotatable bonds is 3. The molecule has 1 fully saturated rings. The molecular weight excluding hydrogens is 230 g/mol. The van der Waals surface area contributed by atoms with Gasteiger partial charge in [0.25, 0.3) is 0 Å². The first-order valence-corrected chi connectivity index (χ1v) is 7.33. The van der Waals surface area contributed by atoms with Crippen molar-refractivity contribution in [1.29, 1.82) is 0 Å². The van der Waals surface area contributed by atoms with E-state index in [4.69, 9.17) is 4.98 Å². The minimum Gasteiger partial charge on any atom is -0.316 e. The molecule has 1 saturated heterocycles. The van der Waals surface area contributed by atoms with E-state index in [0.717, 1.165) is 25.2 Å². The molecule has 2 rings (SSSR count). The minimum atomic E-state index is 0.0678. The second kappa shape index (κ2) is 5.04. The maximum Gasteiger partial charge on any atom is 0.113 e. The van der Waals surface area contributed by atoms with Crippen molar-refractivity contribution in [1.82, 2.24) is 15.6 Å². The Labute approximate surface area is 108 Å². The van der Waals surface area contributed by atoms with E-state index >= 15 is 0 Å². The molecule has 1 aliphatic rings. The standard InChI is InChI=1S/C13H23N3S/c1-9(2)16-13(5-6-14-7-10(13)3)12-15-11(4)8-17-12/h8-10,14,16H,5-7H2,1-4H3. The summed E-state index contributed by atoms with van der Waals surface area (Å²) >= 11 is 1.80. The Hall–Kier alpha value is -0.450. The smallest absolute Gasteiger partial charge is 0.113 e. The fraction of sp³-hybridized carbons (Fsp3) is 0.769. The van der Waals surface area contributed by atoms with Crippen LogP contribution in [0.25, 0.3) is 0 Å². The number of aromatic nitrogens is 1. The number of nitrogens with zero attached hydrogens (tertiary/aromatic N) is 1. The van der Waals surface area contributed by atoms with E-state index in [1.807, 2.05) is 0 Å². The predicted octanol–water partition coefficient (Wildman–Crippen LogP) is 2.27. The van der Waals surface area contributed by atoms with Crippen molar-refractivity contribution in [3.05, 3.63) is 16.1 Å². The van der Waals surface area contributed by atoms with Gasteiger partial charge >= 0.3 is 0 Å². The second-order valence-corrected chi connectivity index (χ2v) is 6.28. The Bertz CT molecular complexity index is 374. The normalized spacial score (nSPS) is 29.8. The van der Waals surface area contributed by atoms with Crippen LogP contribution in [0.4, 0.5) is 0 Å². The molecule has 0 aromatic carbocycles. The Kier molecular flexibility index (Phi) is 3.85. The van der Waals surface area contributed by atoms with E-state index in [-0.39, 0.29) is 5.54 Å². The highest BCUT2D eigenvalue weighted by molar-refractivity contribution is 7.09. The van der Waals surface area contributed by atoms with Gasteiger partial charge in [-0.15, -0.1) is 11.3 Å². The Morgan fingerprint density at radius 3 is 2.88 bits per heavy atom. The van der Waals surface area contributed by atoms with E-state index in [9.17, 15) is 0 Å². The van der Waals surface area contributed by atoms with Gasteiger partial charge in [-0.05, 0) is 46.2 Å². The monoisotopic (exact) mass is 253 g/mol. The van der Waals surface area contributed by atoms with Gasteiger partial charge in [0.05, 0.1) is 5.54 Å². The molecule has 2 unspecified atom stereocenters. The van der Waals surface area contributed by atoms with Crippen molar-refractivity contribution in [3.8, 4) is 0 Å². The Morgan fingerprint density at radius 2 is 2.35 bits per heavy atom. The zero-order valence-electron chi connectivity index (χ0n) is 11.2. The molecule has 1 aromatic heterocycles. The molecule has 96 valence electrons. The van der Waals surface area contributed by atoms with Gasteiger partial charge in [0.15, 0.2) is 0 Å². The minimum absolute atomic E-state index is 0.0678. The van der Waals surface area contributed by atoms with Crippen LogP contribution in [0.2, 0.25) is 0 Å². The number of hydrogen-bond donors (Lipinski definition) is 2. The van der Waals surface area contributed by atoms with E-state index in [2.05, 4.69) is 43.7 Å². The molecular formula is C13H23N3S. The van der Waals surface area contributed by atoms with Crippen LogP contribution in [0.15, 0.2) is 5.38 Å². The molecule has 0 aliphatic carbocycles. The largest absolute Gasteiger partial charge is 0.316 e. The summed E-state index contributed by atoms with van der Waals surface area (Å²) in [4.78, 5) is 4.74. The number of hydrogen-bond acceptors (Lipinski definition) is 4. The molecule has 0 amide bonds. The number of piperidine rings is 1. The van der Waals surface area contributed by atoms with Gasteiger partial charge in [-0.3, -0.25) is 0 Å². The van der Waals surface area contributed by atoms with Gasteiger partial charge in [0.1, 0.15) is 5.01 Å². The molecule has 0 spiro atoms. The summed E-state index contributed by atoms with van der Waals surface area (Å²) in [6.45, 7) is 11.0. The van der Waals surface area contributed by atoms with E-state index in [1.54, 1.807) is 11.3 Å². The first-order valence-electron chi connectivity index (χ1n) is 6.45. The first-order chi connectivity index (χ1) is 8.04. The van der Waals surface area contributed by atoms with Crippen LogP contribution in [0, 0.1) is 12.8 Å².